The van der Waals surface area contributed by atoms with Gasteiger partial charge in [-0.05, 0) is 87.8 Å². The molecule has 3 rings (SSSR count). The van der Waals surface area contributed by atoms with Crippen LogP contribution in [0.15, 0.2) is 33.2 Å². The third-order valence-corrected chi connectivity index (χ3v) is 5.24. The highest BCUT2D eigenvalue weighted by Crippen LogP contribution is 2.35. The summed E-state index contributed by atoms with van der Waals surface area (Å²) < 4.78 is 7.96. The Bertz CT molecular complexity index is 828. The topological polar surface area (TPSA) is 26.0 Å². The average molecular weight is 463 g/mol. The highest BCUT2D eigenvalue weighted by Gasteiger charge is 2.16. The number of rotatable bonds is 1. The van der Waals surface area contributed by atoms with Gasteiger partial charge in [-0.1, -0.05) is 11.6 Å². The SMILES string of the molecule is Cc1cc2nc(-c3cc(I)ccc3Cl)oc2c(Br)c1C. The molecular weight excluding hydrogens is 452 g/mol. The second-order valence-corrected chi connectivity index (χ2v) is 7.07. The summed E-state index contributed by atoms with van der Waals surface area (Å²) in [7, 11) is 0. The lowest BCUT2D eigenvalue weighted by Gasteiger charge is -2.01. The lowest BCUT2D eigenvalue weighted by Crippen LogP contribution is -1.83. The Morgan fingerprint density at radius 1 is 1.25 bits per heavy atom. The van der Waals surface area contributed by atoms with Gasteiger partial charge in [0, 0.05) is 3.57 Å². The molecule has 0 saturated heterocycles. The number of aromatic nitrogens is 1. The molecule has 2 nitrogen and oxygen atoms in total. The van der Waals surface area contributed by atoms with Crippen LogP contribution in [0.5, 0.6) is 0 Å². The number of hydrogen-bond donors (Lipinski definition) is 0. The third kappa shape index (κ3) is 2.38. The number of benzene rings is 2. The van der Waals surface area contributed by atoms with Gasteiger partial charge in [0.2, 0.25) is 5.89 Å². The first-order chi connectivity index (χ1) is 9.47. The summed E-state index contributed by atoms with van der Waals surface area (Å²) in [6, 6.07) is 7.82. The van der Waals surface area contributed by atoms with Gasteiger partial charge in [0.05, 0.1) is 15.1 Å². The van der Waals surface area contributed by atoms with Crippen molar-refractivity contribution in [1.82, 2.24) is 4.98 Å². The van der Waals surface area contributed by atoms with Gasteiger partial charge in [0.25, 0.3) is 0 Å². The summed E-state index contributed by atoms with van der Waals surface area (Å²) in [5.74, 6) is 0.550. The molecule has 0 saturated carbocycles. The van der Waals surface area contributed by atoms with Gasteiger partial charge >= 0.3 is 0 Å². The zero-order chi connectivity index (χ0) is 14.4. The van der Waals surface area contributed by atoms with E-state index in [1.807, 2.05) is 24.3 Å². The molecule has 0 radical (unpaired) electrons. The number of nitrogens with zero attached hydrogens (tertiary/aromatic N) is 1. The summed E-state index contributed by atoms with van der Waals surface area (Å²) in [5, 5.41) is 0.640. The average Bonchev–Trinajstić information content (AvgIpc) is 2.83. The first-order valence-electron chi connectivity index (χ1n) is 5.99. The lowest BCUT2D eigenvalue weighted by molar-refractivity contribution is 0.617. The summed E-state index contributed by atoms with van der Waals surface area (Å²) in [6.45, 7) is 4.12. The molecule has 0 amide bonds. The fourth-order valence-corrected chi connectivity index (χ4v) is 3.31. The molecule has 0 aliphatic rings. The molecule has 0 bridgehead atoms. The fourth-order valence-electron chi connectivity index (χ4n) is 2.02. The molecule has 0 aliphatic carbocycles. The van der Waals surface area contributed by atoms with Crippen molar-refractivity contribution in [2.75, 3.05) is 0 Å². The van der Waals surface area contributed by atoms with Gasteiger partial charge in [-0.15, -0.1) is 0 Å². The van der Waals surface area contributed by atoms with E-state index in [9.17, 15) is 0 Å². The molecule has 2 aromatic carbocycles. The van der Waals surface area contributed by atoms with Crippen molar-refractivity contribution in [3.8, 4) is 11.5 Å². The van der Waals surface area contributed by atoms with E-state index in [2.05, 4.69) is 57.4 Å². The largest absolute Gasteiger partial charge is 0.435 e. The third-order valence-electron chi connectivity index (χ3n) is 3.29. The van der Waals surface area contributed by atoms with Crippen LogP contribution in [0, 0.1) is 17.4 Å². The number of oxazole rings is 1. The van der Waals surface area contributed by atoms with Crippen molar-refractivity contribution in [2.45, 2.75) is 13.8 Å². The predicted octanol–water partition coefficient (Wildman–Crippen LogP) is 6.13. The van der Waals surface area contributed by atoms with Gasteiger partial charge < -0.3 is 4.42 Å². The second-order valence-electron chi connectivity index (χ2n) is 4.62. The van der Waals surface area contributed by atoms with E-state index in [1.165, 1.54) is 5.56 Å². The molecule has 0 N–H and O–H groups in total. The second kappa shape index (κ2) is 5.31. The van der Waals surface area contributed by atoms with E-state index in [1.54, 1.807) is 0 Å². The van der Waals surface area contributed by atoms with Crippen molar-refractivity contribution in [2.24, 2.45) is 0 Å². The van der Waals surface area contributed by atoms with Crippen molar-refractivity contribution in [3.63, 3.8) is 0 Å². The molecule has 0 fully saturated rings. The maximum Gasteiger partial charge on any atom is 0.228 e. The summed E-state index contributed by atoms with van der Waals surface area (Å²) in [5.41, 5.74) is 4.76. The quantitative estimate of drug-likeness (QED) is 0.407. The minimum absolute atomic E-state index is 0.550. The molecule has 5 heteroatoms. The van der Waals surface area contributed by atoms with E-state index in [4.69, 9.17) is 16.0 Å². The molecule has 1 aromatic heterocycles. The molecule has 20 heavy (non-hydrogen) atoms. The first kappa shape index (κ1) is 14.4. The fraction of sp³-hybridized carbons (Fsp3) is 0.133. The van der Waals surface area contributed by atoms with Crippen LogP contribution < -0.4 is 0 Å². The Balaban J connectivity index is 2.28. The minimum Gasteiger partial charge on any atom is -0.435 e. The van der Waals surface area contributed by atoms with Crippen molar-refractivity contribution >= 4 is 61.2 Å². The van der Waals surface area contributed by atoms with Gasteiger partial charge in [-0.3, -0.25) is 0 Å². The van der Waals surface area contributed by atoms with E-state index in [0.717, 1.165) is 30.3 Å². The minimum atomic E-state index is 0.550. The van der Waals surface area contributed by atoms with Gasteiger partial charge in [-0.2, -0.15) is 0 Å². The van der Waals surface area contributed by atoms with Crippen molar-refractivity contribution in [3.05, 3.63) is 48.5 Å². The normalized spacial score (nSPS) is 11.2. The molecule has 0 aliphatic heterocycles. The summed E-state index contributed by atoms with van der Waals surface area (Å²) >= 11 is 12.1. The summed E-state index contributed by atoms with van der Waals surface area (Å²) in [6.07, 6.45) is 0. The Labute approximate surface area is 143 Å². The van der Waals surface area contributed by atoms with Crippen LogP contribution in [-0.2, 0) is 0 Å². The summed E-state index contributed by atoms with van der Waals surface area (Å²) in [4.78, 5) is 4.56. The lowest BCUT2D eigenvalue weighted by atomic mass is 10.1. The molecule has 0 unspecified atom stereocenters. The predicted molar refractivity (Wildman–Crippen MR) is 94.3 cm³/mol. The smallest absolute Gasteiger partial charge is 0.228 e. The number of fused-ring (bicyclic) bond motifs is 1. The molecule has 1 heterocycles. The molecule has 0 spiro atoms. The molecule has 3 aromatic rings. The van der Waals surface area contributed by atoms with E-state index >= 15 is 0 Å². The van der Waals surface area contributed by atoms with Crippen LogP contribution in [0.4, 0.5) is 0 Å². The maximum atomic E-state index is 6.25. The van der Waals surface area contributed by atoms with Crippen LogP contribution in [0.3, 0.4) is 0 Å². The zero-order valence-corrected chi connectivity index (χ0v) is 15.3. The number of halogens is 3. The Hall–Kier alpha value is -0.590. The van der Waals surface area contributed by atoms with Crippen LogP contribution in [0.1, 0.15) is 11.1 Å². The van der Waals surface area contributed by atoms with Crippen LogP contribution >= 0.6 is 50.1 Å². The van der Waals surface area contributed by atoms with E-state index < -0.39 is 0 Å². The van der Waals surface area contributed by atoms with Crippen LogP contribution in [0.2, 0.25) is 5.02 Å². The Morgan fingerprint density at radius 2 is 2.00 bits per heavy atom. The van der Waals surface area contributed by atoms with Gasteiger partial charge in [-0.25, -0.2) is 4.98 Å². The molecule has 102 valence electrons. The monoisotopic (exact) mass is 461 g/mol. The van der Waals surface area contributed by atoms with Crippen LogP contribution in [-0.4, -0.2) is 4.98 Å². The van der Waals surface area contributed by atoms with E-state index in [0.29, 0.717) is 10.9 Å². The van der Waals surface area contributed by atoms with Crippen LogP contribution in [0.25, 0.3) is 22.6 Å². The highest BCUT2D eigenvalue weighted by atomic mass is 127. The van der Waals surface area contributed by atoms with Gasteiger partial charge in [0.15, 0.2) is 5.58 Å². The Morgan fingerprint density at radius 3 is 2.75 bits per heavy atom. The van der Waals surface area contributed by atoms with Crippen molar-refractivity contribution in [1.29, 1.82) is 0 Å². The van der Waals surface area contributed by atoms with Gasteiger partial charge in [0.1, 0.15) is 5.52 Å². The first-order valence-corrected chi connectivity index (χ1v) is 8.24. The zero-order valence-electron chi connectivity index (χ0n) is 10.8. The van der Waals surface area contributed by atoms with E-state index in [-0.39, 0.29) is 0 Å². The number of aryl methyl sites for hydroxylation is 1. The Kier molecular flexibility index (Phi) is 3.81. The molecule has 0 atom stereocenters. The standard InChI is InChI=1S/C15H10BrClINO/c1-7-5-12-14(13(16)8(7)2)20-15(19-12)10-6-9(18)3-4-11(10)17/h3-6H,1-2H3. The number of hydrogen-bond acceptors (Lipinski definition) is 2. The molecular formula is C15H10BrClINO. The van der Waals surface area contributed by atoms with Crippen molar-refractivity contribution < 1.29 is 4.42 Å². The maximum absolute atomic E-state index is 6.25. The highest BCUT2D eigenvalue weighted by molar-refractivity contribution is 14.1.